The Labute approximate surface area is 125 Å². The van der Waals surface area contributed by atoms with Crippen LogP contribution in [0.1, 0.15) is 39.7 Å². The van der Waals surface area contributed by atoms with Gasteiger partial charge in [-0.1, -0.05) is 12.8 Å². The number of carbonyl (C=O) groups excluding carboxylic acids is 2. The van der Waals surface area contributed by atoms with E-state index in [2.05, 4.69) is 11.8 Å². The predicted molar refractivity (Wildman–Crippen MR) is 80.0 cm³/mol. The summed E-state index contributed by atoms with van der Waals surface area (Å²) in [5, 5.41) is 0. The first kappa shape index (κ1) is 16.8. The van der Waals surface area contributed by atoms with Crippen LogP contribution in [0.4, 0.5) is 0 Å². The first-order valence-corrected chi connectivity index (χ1v) is 6.90. The Morgan fingerprint density at radius 3 is 2.29 bits per heavy atom. The van der Waals surface area contributed by atoms with Gasteiger partial charge in [0.1, 0.15) is 5.75 Å². The van der Waals surface area contributed by atoms with Crippen LogP contribution in [-0.2, 0) is 14.3 Å². The zero-order valence-corrected chi connectivity index (χ0v) is 12.9. The van der Waals surface area contributed by atoms with Gasteiger partial charge in [-0.15, -0.1) is 0 Å². The maximum absolute atomic E-state index is 11.7. The number of hydrogen-bond acceptors (Lipinski definition) is 4. The number of benzene rings is 1. The molecule has 0 unspecified atom stereocenters. The third-order valence-corrected chi connectivity index (χ3v) is 2.66. The second-order valence-electron chi connectivity index (χ2n) is 4.88. The van der Waals surface area contributed by atoms with E-state index in [-0.39, 0.29) is 5.78 Å². The molecule has 0 aliphatic heterocycles. The molecule has 0 atom stereocenters. The molecule has 112 valence electrons. The summed E-state index contributed by atoms with van der Waals surface area (Å²) in [6.07, 6.45) is 0.405. The minimum absolute atomic E-state index is 0.0984. The van der Waals surface area contributed by atoms with Gasteiger partial charge in [0.15, 0.2) is 5.60 Å². The van der Waals surface area contributed by atoms with Gasteiger partial charge in [0.05, 0.1) is 6.61 Å². The third kappa shape index (κ3) is 5.31. The predicted octanol–water partition coefficient (Wildman–Crippen LogP) is 2.74. The largest absolute Gasteiger partial charge is 0.476 e. The molecule has 4 nitrogen and oxygen atoms in total. The van der Waals surface area contributed by atoms with Crippen molar-refractivity contribution in [1.29, 1.82) is 0 Å². The molecule has 0 aromatic heterocycles. The minimum atomic E-state index is -1.05. The van der Waals surface area contributed by atoms with Gasteiger partial charge in [0.2, 0.25) is 5.78 Å². The number of rotatable bonds is 5. The highest BCUT2D eigenvalue weighted by Crippen LogP contribution is 2.20. The Kier molecular flexibility index (Phi) is 5.98. The summed E-state index contributed by atoms with van der Waals surface area (Å²) in [5.74, 6) is 5.36. The quantitative estimate of drug-likeness (QED) is 0.617. The van der Waals surface area contributed by atoms with Crippen molar-refractivity contribution in [3.63, 3.8) is 0 Å². The summed E-state index contributed by atoms with van der Waals surface area (Å²) in [4.78, 5) is 22.9. The van der Waals surface area contributed by atoms with E-state index in [1.165, 1.54) is 0 Å². The molecule has 0 aliphatic rings. The van der Waals surface area contributed by atoms with E-state index in [9.17, 15) is 9.59 Å². The number of Topliss-reactive ketones (excluding diaryl/α,β-unsaturated/α-hetero) is 1. The highest BCUT2D eigenvalue weighted by Gasteiger charge is 2.31. The highest BCUT2D eigenvalue weighted by molar-refractivity contribution is 5.95. The van der Waals surface area contributed by atoms with E-state index in [0.29, 0.717) is 18.8 Å². The summed E-state index contributed by atoms with van der Waals surface area (Å²) >= 11 is 0. The maximum atomic E-state index is 11.7. The second-order valence-corrected chi connectivity index (χ2v) is 4.88. The summed E-state index contributed by atoms with van der Waals surface area (Å²) < 4.78 is 10.6. The lowest BCUT2D eigenvalue weighted by atomic mass is 10.1. The van der Waals surface area contributed by atoms with E-state index in [4.69, 9.17) is 9.47 Å². The molecule has 1 rings (SSSR count). The Bertz CT molecular complexity index is 559. The van der Waals surface area contributed by atoms with E-state index in [1.54, 1.807) is 52.0 Å². The molecule has 0 heterocycles. The van der Waals surface area contributed by atoms with Crippen molar-refractivity contribution >= 4 is 11.8 Å². The minimum Gasteiger partial charge on any atom is -0.476 e. The Morgan fingerprint density at radius 1 is 1.14 bits per heavy atom. The van der Waals surface area contributed by atoms with Crippen LogP contribution in [0.5, 0.6) is 5.75 Å². The zero-order chi connectivity index (χ0) is 15.9. The van der Waals surface area contributed by atoms with Crippen LogP contribution in [0.3, 0.4) is 0 Å². The molecule has 0 amide bonds. The van der Waals surface area contributed by atoms with Crippen molar-refractivity contribution in [2.75, 3.05) is 6.61 Å². The van der Waals surface area contributed by atoms with Crippen LogP contribution in [0, 0.1) is 11.8 Å². The normalized spacial score (nSPS) is 10.3. The van der Waals surface area contributed by atoms with Crippen LogP contribution in [0.2, 0.25) is 0 Å². The fourth-order valence-corrected chi connectivity index (χ4v) is 1.48. The van der Waals surface area contributed by atoms with Gasteiger partial charge in [0, 0.05) is 12.0 Å². The topological polar surface area (TPSA) is 52.6 Å². The average molecular weight is 288 g/mol. The SMILES string of the molecule is CCOC(=O)C(C)(C)Oc1ccc(C#CC(=O)CC)cc1. The van der Waals surface area contributed by atoms with Gasteiger partial charge in [0.25, 0.3) is 0 Å². The number of carbonyl (C=O) groups is 2. The standard InChI is InChI=1S/C17H20O4/c1-5-14(18)10-7-13-8-11-15(12-9-13)21-17(3,4)16(19)20-6-2/h8-9,11-12H,5-6H2,1-4H3. The molecule has 0 saturated carbocycles. The summed E-state index contributed by atoms with van der Waals surface area (Å²) in [6.45, 7) is 7.13. The molecular formula is C17H20O4. The van der Waals surface area contributed by atoms with Crippen molar-refractivity contribution in [3.05, 3.63) is 29.8 Å². The Hall–Kier alpha value is -2.28. The molecule has 0 saturated heterocycles. The summed E-state index contributed by atoms with van der Waals surface area (Å²) in [6, 6.07) is 6.90. The molecule has 0 bridgehead atoms. The van der Waals surface area contributed by atoms with Crippen LogP contribution in [0.25, 0.3) is 0 Å². The lowest BCUT2D eigenvalue weighted by Crippen LogP contribution is -2.39. The number of esters is 1. The van der Waals surface area contributed by atoms with Crippen LogP contribution < -0.4 is 4.74 Å². The van der Waals surface area contributed by atoms with Crippen LogP contribution in [0.15, 0.2) is 24.3 Å². The molecule has 21 heavy (non-hydrogen) atoms. The number of ether oxygens (including phenoxy) is 2. The van der Waals surface area contributed by atoms with Crippen molar-refractivity contribution in [1.82, 2.24) is 0 Å². The van der Waals surface area contributed by atoms with Crippen LogP contribution >= 0.6 is 0 Å². The molecule has 1 aromatic rings. The van der Waals surface area contributed by atoms with Gasteiger partial charge in [-0.25, -0.2) is 4.79 Å². The molecular weight excluding hydrogens is 268 g/mol. The van der Waals surface area contributed by atoms with Crippen molar-refractivity contribution in [3.8, 4) is 17.6 Å². The van der Waals surface area contributed by atoms with E-state index < -0.39 is 11.6 Å². The molecule has 0 radical (unpaired) electrons. The van der Waals surface area contributed by atoms with Crippen LogP contribution in [-0.4, -0.2) is 24.0 Å². The van der Waals surface area contributed by atoms with E-state index in [1.807, 2.05) is 0 Å². The maximum Gasteiger partial charge on any atom is 0.349 e. The highest BCUT2D eigenvalue weighted by atomic mass is 16.6. The zero-order valence-electron chi connectivity index (χ0n) is 12.9. The van der Waals surface area contributed by atoms with Gasteiger partial charge < -0.3 is 9.47 Å². The van der Waals surface area contributed by atoms with Gasteiger partial charge in [-0.3, -0.25) is 4.79 Å². The molecule has 4 heteroatoms. The van der Waals surface area contributed by atoms with E-state index in [0.717, 1.165) is 5.56 Å². The fourth-order valence-electron chi connectivity index (χ4n) is 1.48. The Morgan fingerprint density at radius 2 is 1.76 bits per heavy atom. The van der Waals surface area contributed by atoms with Crippen molar-refractivity contribution in [2.45, 2.75) is 39.7 Å². The first-order chi connectivity index (χ1) is 9.89. The number of ketones is 1. The average Bonchev–Trinajstić information content (AvgIpc) is 2.46. The fraction of sp³-hybridized carbons (Fsp3) is 0.412. The third-order valence-electron chi connectivity index (χ3n) is 2.66. The second kappa shape index (κ2) is 7.49. The lowest BCUT2D eigenvalue weighted by molar-refractivity contribution is -0.158. The van der Waals surface area contributed by atoms with Gasteiger partial charge in [-0.05, 0) is 51.0 Å². The summed E-state index contributed by atoms with van der Waals surface area (Å²) in [5.41, 5.74) is -0.334. The molecule has 0 fully saturated rings. The molecule has 0 aliphatic carbocycles. The Balaban J connectivity index is 2.76. The smallest absolute Gasteiger partial charge is 0.349 e. The van der Waals surface area contributed by atoms with Crippen molar-refractivity contribution < 1.29 is 19.1 Å². The molecule has 0 N–H and O–H groups in total. The van der Waals surface area contributed by atoms with E-state index >= 15 is 0 Å². The van der Waals surface area contributed by atoms with Crippen molar-refractivity contribution in [2.24, 2.45) is 0 Å². The molecule has 0 spiro atoms. The first-order valence-electron chi connectivity index (χ1n) is 6.90. The lowest BCUT2D eigenvalue weighted by Gasteiger charge is -2.24. The molecule has 1 aromatic carbocycles. The number of hydrogen-bond donors (Lipinski definition) is 0. The monoisotopic (exact) mass is 288 g/mol. The summed E-state index contributed by atoms with van der Waals surface area (Å²) in [7, 11) is 0. The van der Waals surface area contributed by atoms with Gasteiger partial charge >= 0.3 is 5.97 Å². The van der Waals surface area contributed by atoms with Gasteiger partial charge in [-0.2, -0.15) is 0 Å².